The summed E-state index contributed by atoms with van der Waals surface area (Å²) in [5.41, 5.74) is 6.13. The van der Waals surface area contributed by atoms with Crippen LogP contribution in [0.25, 0.3) is 0 Å². The molecule has 29 heavy (non-hydrogen) atoms. The van der Waals surface area contributed by atoms with Gasteiger partial charge in [0, 0.05) is 6.54 Å². The lowest BCUT2D eigenvalue weighted by molar-refractivity contribution is -0.139. The Bertz CT molecular complexity index is 806. The smallest absolute Gasteiger partial charge is 0.241 e. The van der Waals surface area contributed by atoms with E-state index in [4.69, 9.17) is 5.73 Å². The van der Waals surface area contributed by atoms with Crippen LogP contribution in [-0.2, 0) is 25.4 Å². The summed E-state index contributed by atoms with van der Waals surface area (Å²) in [5.74, 6) is -0.721. The maximum absolute atomic E-state index is 13.3. The molecular weight excluding hydrogens is 390 g/mol. The predicted molar refractivity (Wildman–Crippen MR) is 111 cm³/mol. The molecule has 7 nitrogen and oxygen atoms in total. The van der Waals surface area contributed by atoms with E-state index in [0.717, 1.165) is 25.7 Å². The van der Waals surface area contributed by atoms with Gasteiger partial charge in [0.15, 0.2) is 0 Å². The van der Waals surface area contributed by atoms with Crippen molar-refractivity contribution in [3.8, 4) is 0 Å². The third kappa shape index (κ3) is 6.02. The molecule has 160 valence electrons. The zero-order chi connectivity index (χ0) is 20.9. The minimum atomic E-state index is -3.71. The van der Waals surface area contributed by atoms with Gasteiger partial charge in [0.25, 0.3) is 0 Å². The number of nitrogens with one attached hydrogen (secondary N) is 1. The van der Waals surface area contributed by atoms with Crippen molar-refractivity contribution in [2.45, 2.75) is 69.2 Å². The molecule has 0 aromatic heterocycles. The number of carbonyl (C=O) groups is 2. The Morgan fingerprint density at radius 3 is 2.41 bits per heavy atom. The molecule has 1 aromatic carbocycles. The second kappa shape index (κ2) is 9.71. The number of hydrogen-bond acceptors (Lipinski definition) is 4. The Morgan fingerprint density at radius 1 is 1.07 bits per heavy atom. The van der Waals surface area contributed by atoms with Crippen LogP contribution in [-0.4, -0.2) is 43.8 Å². The second-order valence-electron chi connectivity index (χ2n) is 8.25. The quantitative estimate of drug-likeness (QED) is 0.668. The largest absolute Gasteiger partial charge is 0.368 e. The van der Waals surface area contributed by atoms with Gasteiger partial charge in [-0.3, -0.25) is 9.59 Å². The summed E-state index contributed by atoms with van der Waals surface area (Å²) < 4.78 is 28.3. The number of carbonyl (C=O) groups excluding carboxylic acids is 2. The topological polar surface area (TPSA) is 110 Å². The molecule has 2 fully saturated rings. The fraction of sp³-hybridized carbons (Fsp3) is 0.619. The molecule has 1 saturated heterocycles. The first-order chi connectivity index (χ1) is 13.9. The summed E-state index contributed by atoms with van der Waals surface area (Å²) in [5, 5.41) is 0. The third-order valence-corrected chi connectivity index (χ3v) is 7.33. The second-order valence-corrected chi connectivity index (χ2v) is 10.0. The summed E-state index contributed by atoms with van der Waals surface area (Å²) >= 11 is 0. The van der Waals surface area contributed by atoms with Gasteiger partial charge in [0.1, 0.15) is 12.1 Å². The van der Waals surface area contributed by atoms with Crippen LogP contribution in [0.3, 0.4) is 0 Å². The average Bonchev–Trinajstić information content (AvgIpc) is 3.18. The molecule has 8 heteroatoms. The van der Waals surface area contributed by atoms with E-state index in [-0.39, 0.29) is 11.7 Å². The van der Waals surface area contributed by atoms with E-state index in [1.807, 2.05) is 6.07 Å². The lowest BCUT2D eigenvalue weighted by Gasteiger charge is -2.31. The normalized spacial score (nSPS) is 21.8. The lowest BCUT2D eigenvalue weighted by atomic mass is 9.84. The van der Waals surface area contributed by atoms with E-state index in [1.165, 1.54) is 11.3 Å². The highest BCUT2D eigenvalue weighted by Gasteiger charge is 2.38. The molecule has 2 atom stereocenters. The van der Waals surface area contributed by atoms with E-state index in [0.29, 0.717) is 37.3 Å². The molecule has 1 aliphatic carbocycles. The van der Waals surface area contributed by atoms with Crippen LogP contribution in [0.4, 0.5) is 0 Å². The summed E-state index contributed by atoms with van der Waals surface area (Å²) in [6.07, 6.45) is 7.11. The van der Waals surface area contributed by atoms with Gasteiger partial charge >= 0.3 is 0 Å². The molecule has 0 spiro atoms. The standard InChI is InChI=1S/C21H31N3O4S/c22-20(25)19-12-7-13-24(19)21(26)18(14-16-8-3-1-4-9-16)23-29(27,28)15-17-10-5-2-6-11-17/h2,5-6,10-11,16,18-19,23H,1,3-4,7-9,12-15H2,(H2,22,25)/t18-,19?/m1/s1. The number of hydrogen-bond donors (Lipinski definition) is 2. The van der Waals surface area contributed by atoms with Crippen molar-refractivity contribution in [3.05, 3.63) is 35.9 Å². The van der Waals surface area contributed by atoms with Gasteiger partial charge in [-0.2, -0.15) is 0 Å². The van der Waals surface area contributed by atoms with E-state index < -0.39 is 28.0 Å². The van der Waals surface area contributed by atoms with Crippen molar-refractivity contribution >= 4 is 21.8 Å². The molecule has 1 unspecified atom stereocenters. The number of rotatable bonds is 8. The molecule has 2 aliphatic rings. The highest BCUT2D eigenvalue weighted by Crippen LogP contribution is 2.29. The fourth-order valence-electron chi connectivity index (χ4n) is 4.53. The Balaban J connectivity index is 1.76. The number of benzene rings is 1. The number of nitrogens with two attached hydrogens (primary N) is 1. The Labute approximate surface area is 173 Å². The monoisotopic (exact) mass is 421 g/mol. The van der Waals surface area contributed by atoms with Crippen LogP contribution < -0.4 is 10.5 Å². The van der Waals surface area contributed by atoms with Gasteiger partial charge < -0.3 is 10.6 Å². The van der Waals surface area contributed by atoms with Crippen molar-refractivity contribution in [1.82, 2.24) is 9.62 Å². The Kier molecular flexibility index (Phi) is 7.29. The molecule has 1 saturated carbocycles. The van der Waals surface area contributed by atoms with Crippen LogP contribution in [0.5, 0.6) is 0 Å². The van der Waals surface area contributed by atoms with Gasteiger partial charge in [0.2, 0.25) is 21.8 Å². The SMILES string of the molecule is NC(=O)C1CCCN1C(=O)[C@@H](CC1CCCCC1)NS(=O)(=O)Cc1ccccc1. The van der Waals surface area contributed by atoms with Crippen LogP contribution in [0.15, 0.2) is 30.3 Å². The molecule has 3 rings (SSSR count). The van der Waals surface area contributed by atoms with Crippen molar-refractivity contribution < 1.29 is 18.0 Å². The minimum absolute atomic E-state index is 0.179. The Hall–Kier alpha value is -1.93. The minimum Gasteiger partial charge on any atom is -0.368 e. The fourth-order valence-corrected chi connectivity index (χ4v) is 5.88. The molecular formula is C21H31N3O4S. The zero-order valence-corrected chi connectivity index (χ0v) is 17.6. The van der Waals surface area contributed by atoms with Gasteiger partial charge in [0.05, 0.1) is 5.75 Å². The summed E-state index contributed by atoms with van der Waals surface area (Å²) in [4.78, 5) is 26.5. The molecule has 1 aromatic rings. The van der Waals surface area contributed by atoms with Crippen LogP contribution in [0.1, 0.15) is 56.9 Å². The third-order valence-electron chi connectivity index (χ3n) is 5.98. The number of primary amides is 1. The van der Waals surface area contributed by atoms with E-state index in [9.17, 15) is 18.0 Å². The van der Waals surface area contributed by atoms with Gasteiger partial charge in [-0.25, -0.2) is 13.1 Å². The highest BCUT2D eigenvalue weighted by molar-refractivity contribution is 7.88. The van der Waals surface area contributed by atoms with Crippen LogP contribution >= 0.6 is 0 Å². The van der Waals surface area contributed by atoms with Gasteiger partial charge in [-0.1, -0.05) is 62.4 Å². The molecule has 1 heterocycles. The molecule has 3 N–H and O–H groups in total. The van der Waals surface area contributed by atoms with Crippen molar-refractivity contribution in [2.75, 3.05) is 6.54 Å². The van der Waals surface area contributed by atoms with Crippen molar-refractivity contribution in [1.29, 1.82) is 0 Å². The zero-order valence-electron chi connectivity index (χ0n) is 16.8. The first-order valence-corrected chi connectivity index (χ1v) is 12.1. The average molecular weight is 422 g/mol. The van der Waals surface area contributed by atoms with E-state index in [1.54, 1.807) is 24.3 Å². The van der Waals surface area contributed by atoms with Crippen molar-refractivity contribution in [2.24, 2.45) is 11.7 Å². The Morgan fingerprint density at radius 2 is 1.76 bits per heavy atom. The van der Waals surface area contributed by atoms with Crippen molar-refractivity contribution in [3.63, 3.8) is 0 Å². The first kappa shape index (κ1) is 21.8. The maximum atomic E-state index is 13.3. The van der Waals surface area contributed by atoms with Crippen LogP contribution in [0, 0.1) is 5.92 Å². The first-order valence-electron chi connectivity index (χ1n) is 10.5. The molecule has 0 bridgehead atoms. The van der Waals surface area contributed by atoms with Crippen LogP contribution in [0.2, 0.25) is 0 Å². The summed E-state index contributed by atoms with van der Waals surface area (Å²) in [7, 11) is -3.71. The number of nitrogens with zero attached hydrogens (tertiary/aromatic N) is 1. The molecule has 2 amide bonds. The molecule has 1 aliphatic heterocycles. The van der Waals surface area contributed by atoms with E-state index in [2.05, 4.69) is 4.72 Å². The summed E-state index contributed by atoms with van der Waals surface area (Å²) in [6.45, 7) is 0.439. The number of likely N-dealkylation sites (tertiary alicyclic amines) is 1. The summed E-state index contributed by atoms with van der Waals surface area (Å²) in [6, 6.07) is 7.41. The number of sulfonamides is 1. The van der Waals surface area contributed by atoms with E-state index >= 15 is 0 Å². The highest BCUT2D eigenvalue weighted by atomic mass is 32.2. The van der Waals surface area contributed by atoms with Gasteiger partial charge in [-0.05, 0) is 30.7 Å². The maximum Gasteiger partial charge on any atom is 0.241 e. The number of amides is 2. The predicted octanol–water partition coefficient (Wildman–Crippen LogP) is 1.92. The lowest BCUT2D eigenvalue weighted by Crippen LogP contribution is -2.53. The molecule has 0 radical (unpaired) electrons. The van der Waals surface area contributed by atoms with Gasteiger partial charge in [-0.15, -0.1) is 0 Å².